The number of benzene rings is 4. The molecule has 0 fully saturated rings. The summed E-state index contributed by atoms with van der Waals surface area (Å²) >= 11 is 0. The molecule has 8 heteroatoms. The van der Waals surface area contributed by atoms with Gasteiger partial charge in [-0.1, -0.05) is 24.3 Å². The van der Waals surface area contributed by atoms with Crippen molar-refractivity contribution < 1.29 is 9.47 Å². The zero-order chi connectivity index (χ0) is 31.7. The highest BCUT2D eigenvalue weighted by Gasteiger charge is 2.13. The second-order valence-corrected chi connectivity index (χ2v) is 11.8. The molecule has 0 atom stereocenters. The van der Waals surface area contributed by atoms with Crippen LogP contribution in [0.4, 0.5) is 0 Å². The van der Waals surface area contributed by atoms with E-state index in [4.69, 9.17) is 20.3 Å². The van der Waals surface area contributed by atoms with Crippen molar-refractivity contribution in [2.45, 2.75) is 39.8 Å². The van der Waals surface area contributed by atoms with E-state index in [0.29, 0.717) is 23.2 Å². The fourth-order valence-electron chi connectivity index (χ4n) is 5.41. The Kier molecular flexibility index (Phi) is 8.04. The summed E-state index contributed by atoms with van der Waals surface area (Å²) in [5.41, 5.74) is 7.52. The van der Waals surface area contributed by atoms with Crippen LogP contribution in [0.25, 0.3) is 44.3 Å². The minimum atomic E-state index is 0.193. The maximum Gasteiger partial charge on any atom is 0.131 e. The van der Waals surface area contributed by atoms with E-state index in [1.54, 1.807) is 7.11 Å². The number of hydrogen-bond acceptors (Lipinski definition) is 4. The van der Waals surface area contributed by atoms with Crippen LogP contribution in [0.3, 0.4) is 0 Å². The molecule has 2 heterocycles. The third kappa shape index (κ3) is 6.40. The molecule has 0 aliphatic carbocycles. The van der Waals surface area contributed by atoms with Gasteiger partial charge >= 0.3 is 0 Å². The van der Waals surface area contributed by atoms with Gasteiger partial charge < -0.3 is 30.1 Å². The summed E-state index contributed by atoms with van der Waals surface area (Å²) in [4.78, 5) is 6.98. The molecular weight excluding hydrogens is 560 g/mol. The fraction of sp³-hybridized carbons (Fsp3) is 0.189. The Morgan fingerprint density at radius 3 is 1.71 bits per heavy atom. The molecule has 0 aliphatic rings. The summed E-state index contributed by atoms with van der Waals surface area (Å²) in [6.07, 6.45) is 0. The Labute approximate surface area is 262 Å². The van der Waals surface area contributed by atoms with Gasteiger partial charge in [-0.05, 0) is 93.9 Å². The molecule has 228 valence electrons. The molecule has 0 unspecified atom stereocenters. The molecule has 0 saturated carbocycles. The van der Waals surface area contributed by atoms with Crippen molar-refractivity contribution >= 4 is 33.5 Å². The summed E-state index contributed by atoms with van der Waals surface area (Å²) in [5, 5.41) is 25.1. The number of aromatic amines is 2. The van der Waals surface area contributed by atoms with Gasteiger partial charge in [0.1, 0.15) is 28.9 Å². The van der Waals surface area contributed by atoms with E-state index < -0.39 is 0 Å². The highest BCUT2D eigenvalue weighted by molar-refractivity contribution is 6.01. The minimum absolute atomic E-state index is 0.193. The number of aromatic nitrogens is 2. The minimum Gasteiger partial charge on any atom is -0.496 e. The van der Waals surface area contributed by atoms with Crippen molar-refractivity contribution in [3.05, 3.63) is 102 Å². The van der Waals surface area contributed by atoms with Gasteiger partial charge in [-0.15, -0.1) is 0 Å². The Bertz CT molecular complexity index is 2020. The molecule has 6 rings (SSSR count). The fourth-order valence-corrected chi connectivity index (χ4v) is 5.41. The molecule has 8 nitrogen and oxygen atoms in total. The normalized spacial score (nSPS) is 11.4. The second-order valence-electron chi connectivity index (χ2n) is 11.8. The van der Waals surface area contributed by atoms with Crippen LogP contribution in [0, 0.1) is 10.8 Å². The molecule has 0 radical (unpaired) electrons. The molecule has 0 saturated heterocycles. The summed E-state index contributed by atoms with van der Waals surface area (Å²) < 4.78 is 12.0. The standard InChI is InChI=1S/C37H38N6O2/c1-21(2)40-36(38)26-8-6-24-16-31(42-32(24)18-26)23-10-12-28(13-11-23)45-29-14-15-30(35(20-29)44-5)34-17-25-7-9-27(19-33(25)43-34)37(39)41-22(3)4/h6-22,42-43H,1-5H3,(H2,38,40)(H2,39,41). The van der Waals surface area contributed by atoms with Crippen LogP contribution in [0.5, 0.6) is 17.2 Å². The molecule has 0 aliphatic heterocycles. The van der Waals surface area contributed by atoms with Crippen LogP contribution in [0.15, 0.2) is 91.0 Å². The van der Waals surface area contributed by atoms with Gasteiger partial charge in [-0.3, -0.25) is 10.8 Å². The Balaban J connectivity index is 1.18. The van der Waals surface area contributed by atoms with Crippen molar-refractivity contribution in [1.82, 2.24) is 20.6 Å². The lowest BCUT2D eigenvalue weighted by Gasteiger charge is -2.11. The van der Waals surface area contributed by atoms with Crippen LogP contribution in [-0.4, -0.2) is 40.8 Å². The van der Waals surface area contributed by atoms with Gasteiger partial charge in [-0.2, -0.15) is 0 Å². The number of ether oxygens (including phenoxy) is 2. The lowest BCUT2D eigenvalue weighted by molar-refractivity contribution is 0.410. The number of rotatable bonds is 9. The van der Waals surface area contributed by atoms with E-state index in [-0.39, 0.29) is 12.1 Å². The predicted molar refractivity (Wildman–Crippen MR) is 184 cm³/mol. The zero-order valence-electron chi connectivity index (χ0n) is 26.1. The van der Waals surface area contributed by atoms with E-state index in [1.165, 1.54) is 0 Å². The smallest absolute Gasteiger partial charge is 0.131 e. The van der Waals surface area contributed by atoms with E-state index >= 15 is 0 Å². The summed E-state index contributed by atoms with van der Waals surface area (Å²) in [7, 11) is 1.66. The van der Waals surface area contributed by atoms with Gasteiger partial charge in [0.05, 0.1) is 12.8 Å². The van der Waals surface area contributed by atoms with E-state index in [9.17, 15) is 0 Å². The second kappa shape index (κ2) is 12.2. The molecular formula is C37H38N6O2. The number of H-pyrrole nitrogens is 2. The quantitative estimate of drug-likeness (QED) is 0.0739. The van der Waals surface area contributed by atoms with Crippen molar-refractivity contribution in [1.29, 1.82) is 10.8 Å². The highest BCUT2D eigenvalue weighted by atomic mass is 16.5. The van der Waals surface area contributed by atoms with E-state index in [2.05, 4.69) is 32.7 Å². The maximum atomic E-state index is 8.33. The average Bonchev–Trinajstić information content (AvgIpc) is 3.64. The lowest BCUT2D eigenvalue weighted by atomic mass is 10.1. The average molecular weight is 599 g/mol. The molecule has 2 aromatic heterocycles. The zero-order valence-corrected chi connectivity index (χ0v) is 26.1. The number of methoxy groups -OCH3 is 1. The molecule has 6 aromatic rings. The van der Waals surface area contributed by atoms with Crippen molar-refractivity contribution in [2.75, 3.05) is 7.11 Å². The number of hydrogen-bond donors (Lipinski definition) is 6. The monoisotopic (exact) mass is 598 g/mol. The van der Waals surface area contributed by atoms with Gasteiger partial charge in [0.15, 0.2) is 0 Å². The van der Waals surface area contributed by atoms with Crippen LogP contribution < -0.4 is 20.1 Å². The highest BCUT2D eigenvalue weighted by Crippen LogP contribution is 2.36. The van der Waals surface area contributed by atoms with Crippen LogP contribution >= 0.6 is 0 Å². The Hall–Kier alpha value is -5.50. The Morgan fingerprint density at radius 1 is 0.622 bits per heavy atom. The van der Waals surface area contributed by atoms with Crippen molar-refractivity contribution in [3.8, 4) is 39.8 Å². The first-order valence-corrected chi connectivity index (χ1v) is 15.1. The third-order valence-electron chi connectivity index (χ3n) is 7.55. The summed E-state index contributed by atoms with van der Waals surface area (Å²) in [5.74, 6) is 2.91. The number of amidine groups is 2. The maximum absolute atomic E-state index is 8.33. The third-order valence-corrected chi connectivity index (χ3v) is 7.55. The van der Waals surface area contributed by atoms with Crippen molar-refractivity contribution in [2.24, 2.45) is 0 Å². The molecule has 0 amide bonds. The van der Waals surface area contributed by atoms with Gasteiger partial charge in [0, 0.05) is 62.3 Å². The molecule has 0 bridgehead atoms. The molecule has 4 aromatic carbocycles. The van der Waals surface area contributed by atoms with Gasteiger partial charge in [0.25, 0.3) is 0 Å². The largest absolute Gasteiger partial charge is 0.496 e. The first-order valence-electron chi connectivity index (χ1n) is 15.1. The van der Waals surface area contributed by atoms with Crippen LogP contribution in [0.1, 0.15) is 38.8 Å². The van der Waals surface area contributed by atoms with Gasteiger partial charge in [-0.25, -0.2) is 0 Å². The molecule has 45 heavy (non-hydrogen) atoms. The SMILES string of the molecule is COc1cc(Oc2ccc(-c3cc4ccc(C(=N)NC(C)C)cc4[nH]3)cc2)ccc1-c1cc2ccc(C(=N)NC(C)C)cc2[nH]1. The summed E-state index contributed by atoms with van der Waals surface area (Å²) in [6, 6.07) is 30.4. The van der Waals surface area contributed by atoms with Crippen LogP contribution in [-0.2, 0) is 0 Å². The first kappa shape index (κ1) is 29.6. The number of nitrogens with one attached hydrogen (secondary N) is 6. The van der Waals surface area contributed by atoms with E-state index in [1.807, 2.05) is 107 Å². The number of fused-ring (bicyclic) bond motifs is 2. The van der Waals surface area contributed by atoms with Gasteiger partial charge in [0.2, 0.25) is 0 Å². The van der Waals surface area contributed by atoms with Crippen molar-refractivity contribution in [3.63, 3.8) is 0 Å². The molecule has 6 N–H and O–H groups in total. The predicted octanol–water partition coefficient (Wildman–Crippen LogP) is 8.43. The topological polar surface area (TPSA) is 122 Å². The summed E-state index contributed by atoms with van der Waals surface area (Å²) in [6.45, 7) is 8.10. The lowest BCUT2D eigenvalue weighted by Crippen LogP contribution is -2.30. The first-order chi connectivity index (χ1) is 21.7. The Morgan fingerprint density at radius 2 is 1.16 bits per heavy atom. The van der Waals surface area contributed by atoms with E-state index in [0.717, 1.165) is 61.2 Å². The molecule has 0 spiro atoms. The van der Waals surface area contributed by atoms with Crippen LogP contribution in [0.2, 0.25) is 0 Å².